The van der Waals surface area contributed by atoms with E-state index >= 15 is 0 Å². The third-order valence-electron chi connectivity index (χ3n) is 3.91. The highest BCUT2D eigenvalue weighted by molar-refractivity contribution is 5.99. The average Bonchev–Trinajstić information content (AvgIpc) is 2.77. The Morgan fingerprint density at radius 3 is 1.97 bits per heavy atom. The number of ether oxygens (including phenoxy) is 1. The summed E-state index contributed by atoms with van der Waals surface area (Å²) >= 11 is 0. The van der Waals surface area contributed by atoms with Crippen molar-refractivity contribution in [1.82, 2.24) is 10.3 Å². The van der Waals surface area contributed by atoms with E-state index in [0.29, 0.717) is 23.3 Å². The number of amides is 3. The summed E-state index contributed by atoms with van der Waals surface area (Å²) in [4.78, 5) is 25.6. The lowest BCUT2D eigenvalue weighted by Gasteiger charge is -2.12. The second-order valence-corrected chi connectivity index (χ2v) is 6.42. The van der Waals surface area contributed by atoms with Crippen LogP contribution < -0.4 is 20.7 Å². The van der Waals surface area contributed by atoms with Crippen molar-refractivity contribution >= 4 is 23.3 Å². The molecule has 0 aliphatic heterocycles. The summed E-state index contributed by atoms with van der Waals surface area (Å²) < 4.78 is 44.0. The molecule has 1 heterocycles. The molecule has 2 aromatic carbocycles. The number of hydrogen-bond acceptors (Lipinski definition) is 5. The first-order chi connectivity index (χ1) is 15.6. The van der Waals surface area contributed by atoms with Gasteiger partial charge in [0.15, 0.2) is 0 Å². The van der Waals surface area contributed by atoms with Gasteiger partial charge < -0.3 is 25.8 Å². The summed E-state index contributed by atoms with van der Waals surface area (Å²) in [6.45, 7) is 1.47. The van der Waals surface area contributed by atoms with Crippen molar-refractivity contribution in [2.75, 3.05) is 17.7 Å². The van der Waals surface area contributed by atoms with Gasteiger partial charge in [0.05, 0.1) is 5.56 Å². The number of halogens is 3. The van der Waals surface area contributed by atoms with Gasteiger partial charge in [-0.05, 0) is 54.6 Å². The number of urea groups is 1. The number of hydrogen-bond donors (Lipinski definition) is 4. The van der Waals surface area contributed by atoms with E-state index in [1.807, 2.05) is 0 Å². The summed E-state index contributed by atoms with van der Waals surface area (Å²) in [5, 5.41) is 16.5. The Balaban J connectivity index is 0.000000696. The largest absolute Gasteiger partial charge is 0.507 e. The maximum Gasteiger partial charge on any atom is 0.420 e. The molecule has 0 radical (unpaired) electrons. The standard InChI is InChI=1S/C19H14F3N3O3.C3H7NO/c20-19(21,22)16-11-13(3-6-17(16)26)25-18(27)24-12-1-4-14(5-2-12)28-15-7-9-23-10-8-15;1-3(5)4-2/h1-11,26H,(H2,24,25,27);1-2H3,(H,4,5). The molecule has 0 spiro atoms. The zero-order valence-corrected chi connectivity index (χ0v) is 17.6. The van der Waals surface area contributed by atoms with Crippen molar-refractivity contribution in [1.29, 1.82) is 0 Å². The lowest BCUT2D eigenvalue weighted by atomic mass is 10.1. The van der Waals surface area contributed by atoms with Crippen LogP contribution in [-0.2, 0) is 11.0 Å². The van der Waals surface area contributed by atoms with E-state index in [9.17, 15) is 27.9 Å². The lowest BCUT2D eigenvalue weighted by molar-refractivity contribution is -0.138. The van der Waals surface area contributed by atoms with Crippen molar-refractivity contribution in [3.63, 3.8) is 0 Å². The number of nitrogens with zero attached hydrogens (tertiary/aromatic N) is 1. The Bertz CT molecular complexity index is 1080. The van der Waals surface area contributed by atoms with E-state index in [4.69, 9.17) is 4.74 Å². The van der Waals surface area contributed by atoms with Crippen LogP contribution in [-0.4, -0.2) is 29.1 Å². The van der Waals surface area contributed by atoms with Crippen LogP contribution in [0.4, 0.5) is 29.3 Å². The number of alkyl halides is 3. The first-order valence-electron chi connectivity index (χ1n) is 9.43. The Labute approximate surface area is 187 Å². The van der Waals surface area contributed by atoms with Gasteiger partial charge in [-0.2, -0.15) is 13.2 Å². The van der Waals surface area contributed by atoms with E-state index < -0.39 is 23.5 Å². The third-order valence-corrected chi connectivity index (χ3v) is 3.91. The number of nitrogens with one attached hydrogen (secondary N) is 3. The molecule has 0 saturated heterocycles. The molecule has 0 saturated carbocycles. The predicted octanol–water partition coefficient (Wildman–Crippen LogP) is 4.99. The molecule has 0 unspecified atom stereocenters. The second-order valence-electron chi connectivity index (χ2n) is 6.42. The number of phenolic OH excluding ortho intramolecular Hbond substituents is 1. The molecule has 0 aliphatic rings. The molecule has 33 heavy (non-hydrogen) atoms. The van der Waals surface area contributed by atoms with E-state index in [2.05, 4.69) is 20.9 Å². The quantitative estimate of drug-likeness (QED) is 0.408. The molecule has 3 amide bonds. The Morgan fingerprint density at radius 1 is 0.909 bits per heavy atom. The summed E-state index contributed by atoms with van der Waals surface area (Å²) in [6, 6.07) is 11.7. The normalized spacial score (nSPS) is 10.3. The molecule has 0 fully saturated rings. The number of anilines is 2. The number of carbonyl (C=O) groups is 2. The maximum atomic E-state index is 12.8. The van der Waals surface area contributed by atoms with Crippen LogP contribution in [0.5, 0.6) is 17.2 Å². The van der Waals surface area contributed by atoms with Gasteiger partial charge >= 0.3 is 12.2 Å². The molecule has 174 valence electrons. The third kappa shape index (κ3) is 8.40. The number of aromatic nitrogens is 1. The minimum atomic E-state index is -4.73. The molecule has 4 N–H and O–H groups in total. The molecule has 0 aliphatic carbocycles. The number of carbonyl (C=O) groups excluding carboxylic acids is 2. The predicted molar refractivity (Wildman–Crippen MR) is 116 cm³/mol. The van der Waals surface area contributed by atoms with Gasteiger partial charge in [-0.1, -0.05) is 0 Å². The lowest BCUT2D eigenvalue weighted by Crippen LogP contribution is -2.19. The molecule has 11 heteroatoms. The van der Waals surface area contributed by atoms with Crippen molar-refractivity contribution in [3.05, 3.63) is 72.6 Å². The van der Waals surface area contributed by atoms with Gasteiger partial charge in [0, 0.05) is 37.7 Å². The monoisotopic (exact) mass is 462 g/mol. The Hall–Kier alpha value is -4.28. The van der Waals surface area contributed by atoms with Crippen LogP contribution in [0, 0.1) is 0 Å². The summed E-state index contributed by atoms with van der Waals surface area (Å²) in [5.74, 6) is 0.222. The van der Waals surface area contributed by atoms with Gasteiger partial charge in [-0.15, -0.1) is 0 Å². The molecular weight excluding hydrogens is 441 g/mol. The first-order valence-corrected chi connectivity index (χ1v) is 9.43. The zero-order valence-electron chi connectivity index (χ0n) is 17.6. The topological polar surface area (TPSA) is 113 Å². The van der Waals surface area contributed by atoms with Crippen LogP contribution in [0.15, 0.2) is 67.0 Å². The molecule has 3 aromatic rings. The number of pyridine rings is 1. The highest BCUT2D eigenvalue weighted by Crippen LogP contribution is 2.37. The van der Waals surface area contributed by atoms with Crippen molar-refractivity contribution < 1.29 is 32.6 Å². The van der Waals surface area contributed by atoms with Gasteiger partial charge in [0.25, 0.3) is 0 Å². The average molecular weight is 462 g/mol. The van der Waals surface area contributed by atoms with Gasteiger partial charge in [-0.3, -0.25) is 9.78 Å². The number of aromatic hydroxyl groups is 1. The fraction of sp³-hybridized carbons (Fsp3) is 0.136. The van der Waals surface area contributed by atoms with Crippen LogP contribution >= 0.6 is 0 Å². The zero-order chi connectivity index (χ0) is 24.4. The highest BCUT2D eigenvalue weighted by Gasteiger charge is 2.34. The van der Waals surface area contributed by atoms with Gasteiger partial charge in [-0.25, -0.2) is 4.79 Å². The molecule has 3 rings (SSSR count). The smallest absolute Gasteiger partial charge is 0.420 e. The number of benzene rings is 2. The molecule has 1 aromatic heterocycles. The van der Waals surface area contributed by atoms with Crippen LogP contribution in [0.1, 0.15) is 12.5 Å². The van der Waals surface area contributed by atoms with Crippen molar-refractivity contribution in [2.45, 2.75) is 13.1 Å². The van der Waals surface area contributed by atoms with Crippen molar-refractivity contribution in [3.8, 4) is 17.2 Å². The second kappa shape index (κ2) is 11.4. The molecule has 0 atom stereocenters. The van der Waals surface area contributed by atoms with E-state index in [0.717, 1.165) is 12.1 Å². The summed E-state index contributed by atoms with van der Waals surface area (Å²) in [6.07, 6.45) is -1.56. The number of rotatable bonds is 4. The minimum Gasteiger partial charge on any atom is -0.507 e. The van der Waals surface area contributed by atoms with Crippen LogP contribution in [0.2, 0.25) is 0 Å². The Kier molecular flexibility index (Phi) is 8.61. The Morgan fingerprint density at radius 2 is 1.42 bits per heavy atom. The highest BCUT2D eigenvalue weighted by atomic mass is 19.4. The van der Waals surface area contributed by atoms with E-state index in [1.165, 1.54) is 6.92 Å². The molecular formula is C22H21F3N4O4. The summed E-state index contributed by atoms with van der Waals surface area (Å²) in [5.41, 5.74) is -0.933. The van der Waals surface area contributed by atoms with Crippen LogP contribution in [0.3, 0.4) is 0 Å². The van der Waals surface area contributed by atoms with E-state index in [1.54, 1.807) is 55.8 Å². The summed E-state index contributed by atoms with van der Waals surface area (Å²) in [7, 11) is 1.60. The minimum absolute atomic E-state index is 0.00463. The maximum absolute atomic E-state index is 12.8. The van der Waals surface area contributed by atoms with E-state index in [-0.39, 0.29) is 11.6 Å². The van der Waals surface area contributed by atoms with Crippen LogP contribution in [0.25, 0.3) is 0 Å². The SMILES string of the molecule is CNC(C)=O.O=C(Nc1ccc(Oc2ccncc2)cc1)Nc1ccc(O)c(C(F)(F)F)c1. The van der Waals surface area contributed by atoms with Gasteiger partial charge in [0.2, 0.25) is 5.91 Å². The molecule has 8 nitrogen and oxygen atoms in total. The molecule has 0 bridgehead atoms. The fourth-order valence-corrected chi connectivity index (χ4v) is 2.28. The fourth-order valence-electron chi connectivity index (χ4n) is 2.28. The van der Waals surface area contributed by atoms with Crippen molar-refractivity contribution in [2.24, 2.45) is 0 Å². The van der Waals surface area contributed by atoms with Gasteiger partial charge in [0.1, 0.15) is 17.2 Å². The number of phenols is 1. The first kappa shape index (κ1) is 25.0.